The zero-order valence-corrected chi connectivity index (χ0v) is 11.0. The Hall–Kier alpha value is -0.920. The van der Waals surface area contributed by atoms with Crippen LogP contribution < -0.4 is 0 Å². The van der Waals surface area contributed by atoms with Gasteiger partial charge in [0.15, 0.2) is 0 Å². The molecular formula is C13H13BrFNO. The molecule has 0 saturated carbocycles. The van der Waals surface area contributed by atoms with Crippen molar-refractivity contribution in [2.75, 3.05) is 13.2 Å². The highest BCUT2D eigenvalue weighted by Gasteiger charge is 2.33. The van der Waals surface area contributed by atoms with E-state index in [0.29, 0.717) is 38.0 Å². The van der Waals surface area contributed by atoms with Gasteiger partial charge in [-0.15, -0.1) is 0 Å². The number of hydrogen-bond donors (Lipinski definition) is 0. The molecule has 1 saturated heterocycles. The quantitative estimate of drug-likeness (QED) is 0.838. The maximum atomic E-state index is 13.7. The number of halogens is 2. The summed E-state index contributed by atoms with van der Waals surface area (Å²) >= 11 is 3.23. The minimum atomic E-state index is -0.465. The largest absolute Gasteiger partial charge is 0.381 e. The first kappa shape index (κ1) is 12.5. The molecule has 0 spiro atoms. The second-order valence-electron chi connectivity index (χ2n) is 4.42. The molecule has 1 aromatic carbocycles. The standard InChI is InChI=1S/C13H13BrFNO/c14-11-2-1-10(12(15)7-11)8-13(9-16)3-5-17-6-4-13/h1-2,7H,3-6,8H2. The molecular weight excluding hydrogens is 285 g/mol. The molecule has 1 fully saturated rings. The Kier molecular flexibility index (Phi) is 3.80. The van der Waals surface area contributed by atoms with Crippen LogP contribution in [-0.2, 0) is 11.2 Å². The topological polar surface area (TPSA) is 33.0 Å². The third-order valence-corrected chi connectivity index (χ3v) is 3.72. The number of benzene rings is 1. The van der Waals surface area contributed by atoms with Gasteiger partial charge >= 0.3 is 0 Å². The van der Waals surface area contributed by atoms with Gasteiger partial charge in [0.2, 0.25) is 0 Å². The molecule has 4 heteroatoms. The fraction of sp³-hybridized carbons (Fsp3) is 0.462. The van der Waals surface area contributed by atoms with E-state index in [1.807, 2.05) is 6.07 Å². The maximum absolute atomic E-state index is 13.7. The normalized spacial score (nSPS) is 18.6. The molecule has 0 bridgehead atoms. The van der Waals surface area contributed by atoms with Crippen LogP contribution in [-0.4, -0.2) is 13.2 Å². The van der Waals surface area contributed by atoms with E-state index < -0.39 is 5.41 Å². The van der Waals surface area contributed by atoms with Crippen LogP contribution in [0.5, 0.6) is 0 Å². The SMILES string of the molecule is N#CC1(Cc2ccc(Br)cc2F)CCOCC1. The Morgan fingerprint density at radius 2 is 2.12 bits per heavy atom. The summed E-state index contributed by atoms with van der Waals surface area (Å²) in [5.74, 6) is -0.250. The molecule has 90 valence electrons. The first-order chi connectivity index (χ1) is 8.15. The van der Waals surface area contributed by atoms with Gasteiger partial charge in [0, 0.05) is 17.7 Å². The predicted molar refractivity (Wildman–Crippen MR) is 65.9 cm³/mol. The molecule has 0 amide bonds. The summed E-state index contributed by atoms with van der Waals surface area (Å²) in [6.45, 7) is 1.18. The molecule has 0 aliphatic carbocycles. The summed E-state index contributed by atoms with van der Waals surface area (Å²) in [7, 11) is 0. The number of rotatable bonds is 2. The van der Waals surface area contributed by atoms with Gasteiger partial charge in [-0.3, -0.25) is 0 Å². The molecule has 2 nitrogen and oxygen atoms in total. The maximum Gasteiger partial charge on any atom is 0.127 e. The van der Waals surface area contributed by atoms with Gasteiger partial charge in [0.1, 0.15) is 5.82 Å². The number of hydrogen-bond acceptors (Lipinski definition) is 2. The second kappa shape index (κ2) is 5.16. The summed E-state index contributed by atoms with van der Waals surface area (Å²) in [5.41, 5.74) is 0.143. The van der Waals surface area contributed by atoms with Crippen molar-refractivity contribution in [1.82, 2.24) is 0 Å². The van der Waals surface area contributed by atoms with Gasteiger partial charge in [-0.25, -0.2) is 4.39 Å². The molecule has 0 radical (unpaired) electrons. The summed E-state index contributed by atoms with van der Waals surface area (Å²) in [5, 5.41) is 9.31. The third kappa shape index (κ3) is 2.85. The minimum Gasteiger partial charge on any atom is -0.381 e. The molecule has 1 heterocycles. The molecule has 0 atom stereocenters. The van der Waals surface area contributed by atoms with Crippen LogP contribution in [0.4, 0.5) is 4.39 Å². The van der Waals surface area contributed by atoms with Crippen molar-refractivity contribution in [3.8, 4) is 6.07 Å². The van der Waals surface area contributed by atoms with Gasteiger partial charge < -0.3 is 4.74 Å². The van der Waals surface area contributed by atoms with E-state index in [1.165, 1.54) is 6.07 Å². The minimum absolute atomic E-state index is 0.250. The highest BCUT2D eigenvalue weighted by molar-refractivity contribution is 9.10. The number of nitrogens with zero attached hydrogens (tertiary/aromatic N) is 1. The van der Waals surface area contributed by atoms with Crippen molar-refractivity contribution in [3.05, 3.63) is 34.1 Å². The summed E-state index contributed by atoms with van der Waals surface area (Å²) in [4.78, 5) is 0. The van der Waals surface area contributed by atoms with E-state index >= 15 is 0 Å². The van der Waals surface area contributed by atoms with Crippen molar-refractivity contribution >= 4 is 15.9 Å². The first-order valence-electron chi connectivity index (χ1n) is 5.58. The van der Waals surface area contributed by atoms with Crippen molar-refractivity contribution in [2.45, 2.75) is 19.3 Å². The van der Waals surface area contributed by atoms with Crippen molar-refractivity contribution < 1.29 is 9.13 Å². The van der Waals surface area contributed by atoms with Gasteiger partial charge in [0.05, 0.1) is 11.5 Å². The summed E-state index contributed by atoms with van der Waals surface area (Å²) in [6, 6.07) is 7.35. The van der Waals surface area contributed by atoms with Gasteiger partial charge in [0.25, 0.3) is 0 Å². The lowest BCUT2D eigenvalue weighted by molar-refractivity contribution is 0.0403. The third-order valence-electron chi connectivity index (χ3n) is 3.23. The zero-order chi connectivity index (χ0) is 12.3. The van der Waals surface area contributed by atoms with Crippen molar-refractivity contribution in [3.63, 3.8) is 0 Å². The van der Waals surface area contributed by atoms with Crippen LogP contribution in [0.25, 0.3) is 0 Å². The highest BCUT2D eigenvalue weighted by atomic mass is 79.9. The van der Waals surface area contributed by atoms with Crippen LogP contribution in [0.2, 0.25) is 0 Å². The van der Waals surface area contributed by atoms with E-state index in [0.717, 1.165) is 4.47 Å². The highest BCUT2D eigenvalue weighted by Crippen LogP contribution is 2.34. The van der Waals surface area contributed by atoms with E-state index in [1.54, 1.807) is 6.07 Å². The van der Waals surface area contributed by atoms with Gasteiger partial charge in [-0.1, -0.05) is 22.0 Å². The molecule has 0 unspecified atom stereocenters. The Balaban J connectivity index is 2.21. The van der Waals surface area contributed by atoms with E-state index in [4.69, 9.17) is 4.74 Å². The average Bonchev–Trinajstić information content (AvgIpc) is 2.34. The lowest BCUT2D eigenvalue weighted by atomic mass is 9.76. The van der Waals surface area contributed by atoms with E-state index in [2.05, 4.69) is 22.0 Å². The Bertz CT molecular complexity index is 449. The van der Waals surface area contributed by atoms with Crippen molar-refractivity contribution in [2.24, 2.45) is 5.41 Å². The zero-order valence-electron chi connectivity index (χ0n) is 9.38. The van der Waals surface area contributed by atoms with E-state index in [9.17, 15) is 9.65 Å². The molecule has 17 heavy (non-hydrogen) atoms. The number of ether oxygens (including phenoxy) is 1. The van der Waals surface area contributed by atoms with E-state index in [-0.39, 0.29) is 5.82 Å². The lowest BCUT2D eigenvalue weighted by Crippen LogP contribution is -2.30. The summed E-state index contributed by atoms with van der Waals surface area (Å²) in [6.07, 6.45) is 1.82. The molecule has 0 aromatic heterocycles. The molecule has 1 aliphatic rings. The molecule has 1 aromatic rings. The fourth-order valence-corrected chi connectivity index (χ4v) is 2.45. The Labute approximate surface area is 109 Å². The molecule has 1 aliphatic heterocycles. The second-order valence-corrected chi connectivity index (χ2v) is 5.33. The smallest absolute Gasteiger partial charge is 0.127 e. The molecule has 2 rings (SSSR count). The first-order valence-corrected chi connectivity index (χ1v) is 6.37. The van der Waals surface area contributed by atoms with Gasteiger partial charge in [-0.05, 0) is 37.0 Å². The lowest BCUT2D eigenvalue weighted by Gasteiger charge is -2.30. The Morgan fingerprint density at radius 1 is 1.41 bits per heavy atom. The molecule has 0 N–H and O–H groups in total. The number of nitriles is 1. The average molecular weight is 298 g/mol. The van der Waals surface area contributed by atoms with Crippen LogP contribution in [0.3, 0.4) is 0 Å². The van der Waals surface area contributed by atoms with Crippen LogP contribution in [0.15, 0.2) is 22.7 Å². The van der Waals surface area contributed by atoms with Crippen LogP contribution in [0, 0.1) is 22.6 Å². The van der Waals surface area contributed by atoms with Crippen molar-refractivity contribution in [1.29, 1.82) is 5.26 Å². The predicted octanol–water partition coefficient (Wildman–Crippen LogP) is 3.45. The Morgan fingerprint density at radius 3 is 2.71 bits per heavy atom. The van der Waals surface area contributed by atoms with Crippen LogP contribution in [0.1, 0.15) is 18.4 Å². The van der Waals surface area contributed by atoms with Gasteiger partial charge in [-0.2, -0.15) is 5.26 Å². The monoisotopic (exact) mass is 297 g/mol. The summed E-state index contributed by atoms with van der Waals surface area (Å²) < 4.78 is 19.7. The van der Waals surface area contributed by atoms with Crippen LogP contribution >= 0.6 is 15.9 Å². The fourth-order valence-electron chi connectivity index (χ4n) is 2.12.